The Bertz CT molecular complexity index is 394. The third-order valence-electron chi connectivity index (χ3n) is 3.67. The van der Waals surface area contributed by atoms with Gasteiger partial charge in [-0.05, 0) is 30.5 Å². The first-order chi connectivity index (χ1) is 8.47. The summed E-state index contributed by atoms with van der Waals surface area (Å²) in [6.45, 7) is 8.00. The van der Waals surface area contributed by atoms with Crippen LogP contribution < -0.4 is 0 Å². The summed E-state index contributed by atoms with van der Waals surface area (Å²) in [6.07, 6.45) is 2.54. The van der Waals surface area contributed by atoms with Crippen molar-refractivity contribution in [3.8, 4) is 0 Å². The molecule has 0 amide bonds. The van der Waals surface area contributed by atoms with E-state index in [1.807, 2.05) is 20.8 Å². The Morgan fingerprint density at radius 1 is 1.22 bits per heavy atom. The second kappa shape index (κ2) is 6.12. The lowest BCUT2D eigenvalue weighted by molar-refractivity contribution is -0.128. The fourth-order valence-corrected chi connectivity index (χ4v) is 2.71. The molecule has 0 aromatic heterocycles. The van der Waals surface area contributed by atoms with Gasteiger partial charge in [-0.3, -0.25) is 4.79 Å². The van der Waals surface area contributed by atoms with Gasteiger partial charge in [0, 0.05) is 5.92 Å². The van der Waals surface area contributed by atoms with Gasteiger partial charge < -0.3 is 0 Å². The first-order valence-corrected chi connectivity index (χ1v) is 6.78. The zero-order valence-electron chi connectivity index (χ0n) is 11.8. The lowest BCUT2D eigenvalue weighted by Crippen LogP contribution is -2.38. The largest absolute Gasteiger partial charge is 0.298 e. The van der Waals surface area contributed by atoms with Gasteiger partial charge in [-0.15, -0.1) is 0 Å². The number of ketones is 1. The third-order valence-corrected chi connectivity index (χ3v) is 3.67. The van der Waals surface area contributed by atoms with Gasteiger partial charge in [0.2, 0.25) is 0 Å². The maximum absolute atomic E-state index is 13.0. The van der Waals surface area contributed by atoms with E-state index in [9.17, 15) is 9.18 Å². The molecule has 0 radical (unpaired) electrons. The van der Waals surface area contributed by atoms with E-state index in [4.69, 9.17) is 0 Å². The van der Waals surface area contributed by atoms with Gasteiger partial charge in [0.1, 0.15) is 11.6 Å². The molecule has 1 rings (SSSR count). The van der Waals surface area contributed by atoms with Crippen LogP contribution in [0.2, 0.25) is 0 Å². The molecular weight excluding hydrogens is 227 g/mol. The average molecular weight is 250 g/mol. The molecule has 1 unspecified atom stereocenters. The number of carbonyl (C=O) groups excluding carboxylic acids is 1. The van der Waals surface area contributed by atoms with Crippen LogP contribution in [-0.2, 0) is 10.2 Å². The van der Waals surface area contributed by atoms with Crippen LogP contribution in [-0.4, -0.2) is 5.78 Å². The lowest BCUT2D eigenvalue weighted by Gasteiger charge is -2.33. The Labute approximate surface area is 109 Å². The van der Waals surface area contributed by atoms with E-state index < -0.39 is 5.41 Å². The standard InChI is InChI=1S/C16H23FO/c1-5-11-16(6-2,15(18)12(3)4)13-7-9-14(17)10-8-13/h7-10,12H,5-6,11H2,1-4H3. The van der Waals surface area contributed by atoms with Crippen molar-refractivity contribution in [1.29, 1.82) is 0 Å². The summed E-state index contributed by atoms with van der Waals surface area (Å²) >= 11 is 0. The first-order valence-electron chi connectivity index (χ1n) is 6.78. The number of hydrogen-bond donors (Lipinski definition) is 0. The van der Waals surface area contributed by atoms with E-state index in [1.54, 1.807) is 12.1 Å². The van der Waals surface area contributed by atoms with Crippen LogP contribution in [0.25, 0.3) is 0 Å². The third kappa shape index (κ3) is 2.80. The fraction of sp³-hybridized carbons (Fsp3) is 0.562. The van der Waals surface area contributed by atoms with Crippen molar-refractivity contribution in [3.05, 3.63) is 35.6 Å². The van der Waals surface area contributed by atoms with Crippen molar-refractivity contribution in [2.45, 2.75) is 52.4 Å². The molecule has 0 aliphatic heterocycles. The maximum atomic E-state index is 13.0. The number of Topliss-reactive ketones (excluding diaryl/α,β-unsaturated/α-hetero) is 1. The van der Waals surface area contributed by atoms with Crippen LogP contribution in [0.15, 0.2) is 24.3 Å². The molecule has 1 aromatic rings. The summed E-state index contributed by atoms with van der Waals surface area (Å²) < 4.78 is 13.0. The van der Waals surface area contributed by atoms with Crippen molar-refractivity contribution in [2.75, 3.05) is 0 Å². The number of carbonyl (C=O) groups is 1. The van der Waals surface area contributed by atoms with Crippen LogP contribution in [0.4, 0.5) is 4.39 Å². The molecule has 0 heterocycles. The summed E-state index contributed by atoms with van der Waals surface area (Å²) in [7, 11) is 0. The van der Waals surface area contributed by atoms with Gasteiger partial charge in [0.05, 0.1) is 5.41 Å². The summed E-state index contributed by atoms with van der Waals surface area (Å²) in [5.74, 6) is 0.0114. The van der Waals surface area contributed by atoms with Crippen molar-refractivity contribution in [1.82, 2.24) is 0 Å². The highest BCUT2D eigenvalue weighted by atomic mass is 19.1. The first kappa shape index (κ1) is 14.9. The summed E-state index contributed by atoms with van der Waals surface area (Å²) in [4.78, 5) is 12.6. The van der Waals surface area contributed by atoms with E-state index in [0.29, 0.717) is 0 Å². The SMILES string of the molecule is CCCC(CC)(C(=O)C(C)C)c1ccc(F)cc1. The number of halogens is 1. The number of rotatable bonds is 6. The summed E-state index contributed by atoms with van der Waals surface area (Å²) in [5.41, 5.74) is 0.503. The fourth-order valence-electron chi connectivity index (χ4n) is 2.71. The predicted octanol–water partition coefficient (Wildman–Crippen LogP) is 4.50. The lowest BCUT2D eigenvalue weighted by atomic mass is 9.68. The van der Waals surface area contributed by atoms with E-state index in [-0.39, 0.29) is 17.5 Å². The van der Waals surface area contributed by atoms with Crippen molar-refractivity contribution in [2.24, 2.45) is 5.92 Å². The van der Waals surface area contributed by atoms with Gasteiger partial charge in [-0.1, -0.05) is 46.2 Å². The van der Waals surface area contributed by atoms with Gasteiger partial charge >= 0.3 is 0 Å². The number of hydrogen-bond acceptors (Lipinski definition) is 1. The summed E-state index contributed by atoms with van der Waals surface area (Å²) in [6, 6.07) is 6.41. The van der Waals surface area contributed by atoms with E-state index in [0.717, 1.165) is 24.8 Å². The monoisotopic (exact) mass is 250 g/mol. The molecule has 0 bridgehead atoms. The highest BCUT2D eigenvalue weighted by Crippen LogP contribution is 2.36. The maximum Gasteiger partial charge on any atom is 0.145 e. The van der Waals surface area contributed by atoms with Crippen molar-refractivity contribution >= 4 is 5.78 Å². The van der Waals surface area contributed by atoms with Crippen molar-refractivity contribution in [3.63, 3.8) is 0 Å². The van der Waals surface area contributed by atoms with E-state index in [1.165, 1.54) is 12.1 Å². The molecule has 0 N–H and O–H groups in total. The Hall–Kier alpha value is -1.18. The van der Waals surface area contributed by atoms with E-state index >= 15 is 0 Å². The molecule has 1 aromatic carbocycles. The van der Waals surface area contributed by atoms with Crippen LogP contribution >= 0.6 is 0 Å². The molecule has 0 fully saturated rings. The molecule has 100 valence electrons. The van der Waals surface area contributed by atoms with Crippen LogP contribution in [0, 0.1) is 11.7 Å². The highest BCUT2D eigenvalue weighted by molar-refractivity contribution is 5.91. The minimum absolute atomic E-state index is 0.00144. The molecule has 0 saturated carbocycles. The normalized spacial score (nSPS) is 14.6. The zero-order chi connectivity index (χ0) is 13.8. The average Bonchev–Trinajstić information content (AvgIpc) is 2.36. The molecule has 0 spiro atoms. The topological polar surface area (TPSA) is 17.1 Å². The summed E-state index contributed by atoms with van der Waals surface area (Å²) in [5, 5.41) is 0. The van der Waals surface area contributed by atoms with Crippen LogP contribution in [0.3, 0.4) is 0 Å². The molecule has 18 heavy (non-hydrogen) atoms. The van der Waals surface area contributed by atoms with Gasteiger partial charge in [-0.25, -0.2) is 4.39 Å². The Kier molecular flexibility index (Phi) is 5.06. The molecule has 1 nitrogen and oxygen atoms in total. The number of benzene rings is 1. The molecule has 0 aliphatic carbocycles. The highest BCUT2D eigenvalue weighted by Gasteiger charge is 2.38. The van der Waals surface area contributed by atoms with Gasteiger partial charge in [0.15, 0.2) is 0 Å². The molecule has 0 aliphatic rings. The Morgan fingerprint density at radius 2 is 1.78 bits per heavy atom. The molecular formula is C16H23FO. The minimum Gasteiger partial charge on any atom is -0.298 e. The van der Waals surface area contributed by atoms with Crippen LogP contribution in [0.5, 0.6) is 0 Å². The Balaban J connectivity index is 3.26. The van der Waals surface area contributed by atoms with Crippen LogP contribution in [0.1, 0.15) is 52.5 Å². The molecule has 0 saturated heterocycles. The Morgan fingerprint density at radius 3 is 2.17 bits per heavy atom. The quantitative estimate of drug-likeness (QED) is 0.726. The van der Waals surface area contributed by atoms with Crippen molar-refractivity contribution < 1.29 is 9.18 Å². The van der Waals surface area contributed by atoms with E-state index in [2.05, 4.69) is 6.92 Å². The molecule has 2 heteroatoms. The van der Waals surface area contributed by atoms with Gasteiger partial charge in [-0.2, -0.15) is 0 Å². The van der Waals surface area contributed by atoms with Gasteiger partial charge in [0.25, 0.3) is 0 Å². The second-order valence-corrected chi connectivity index (χ2v) is 5.21. The minimum atomic E-state index is -0.448. The smallest absolute Gasteiger partial charge is 0.145 e. The molecule has 1 atom stereocenters. The second-order valence-electron chi connectivity index (χ2n) is 5.21. The zero-order valence-corrected chi connectivity index (χ0v) is 11.8. The predicted molar refractivity (Wildman–Crippen MR) is 73.1 cm³/mol.